The minimum atomic E-state index is -0.516. The van der Waals surface area contributed by atoms with Crippen molar-refractivity contribution in [3.8, 4) is 11.3 Å². The second-order valence-electron chi connectivity index (χ2n) is 7.22. The van der Waals surface area contributed by atoms with Gasteiger partial charge >= 0.3 is 0 Å². The first-order chi connectivity index (χ1) is 15.5. The molecule has 0 fully saturated rings. The van der Waals surface area contributed by atoms with E-state index in [-0.39, 0.29) is 22.4 Å². The van der Waals surface area contributed by atoms with Gasteiger partial charge in [-0.2, -0.15) is 0 Å². The predicted octanol–water partition coefficient (Wildman–Crippen LogP) is 6.35. The van der Waals surface area contributed by atoms with Crippen molar-refractivity contribution >= 4 is 23.2 Å². The Morgan fingerprint density at radius 3 is 2.00 bits per heavy atom. The topological polar surface area (TPSA) is 76.6 Å². The first-order valence-corrected chi connectivity index (χ1v) is 10.3. The van der Waals surface area contributed by atoms with Gasteiger partial charge in [-0.05, 0) is 29.3 Å². The molecule has 0 aliphatic carbocycles. The molecule has 1 heterocycles. The zero-order valence-corrected chi connectivity index (χ0v) is 17.7. The molecular formula is C25H19ClN2O4. The van der Waals surface area contributed by atoms with Crippen LogP contribution in [0.5, 0.6) is 0 Å². The van der Waals surface area contributed by atoms with Gasteiger partial charge < -0.3 is 9.32 Å². The van der Waals surface area contributed by atoms with Crippen LogP contribution in [-0.2, 0) is 13.1 Å². The molecular weight excluding hydrogens is 428 g/mol. The molecule has 4 rings (SSSR count). The molecule has 0 saturated heterocycles. The lowest BCUT2D eigenvalue weighted by Gasteiger charge is -2.22. The van der Waals surface area contributed by atoms with E-state index in [0.29, 0.717) is 24.4 Å². The maximum absolute atomic E-state index is 13.3. The van der Waals surface area contributed by atoms with Gasteiger partial charge in [-0.25, -0.2) is 0 Å². The number of rotatable bonds is 7. The Bertz CT molecular complexity index is 1200. The van der Waals surface area contributed by atoms with Crippen molar-refractivity contribution in [3.05, 3.63) is 123 Å². The Labute approximate surface area is 189 Å². The molecule has 0 aliphatic heterocycles. The Morgan fingerprint density at radius 2 is 1.47 bits per heavy atom. The zero-order valence-electron chi connectivity index (χ0n) is 17.0. The number of amides is 1. The smallest absolute Gasteiger partial charge is 0.290 e. The average Bonchev–Trinajstić information content (AvgIpc) is 3.29. The molecule has 0 atom stereocenters. The molecule has 4 aromatic rings. The average molecular weight is 447 g/mol. The summed E-state index contributed by atoms with van der Waals surface area (Å²) in [5, 5.41) is 11.1. The van der Waals surface area contributed by atoms with Crippen LogP contribution in [0.25, 0.3) is 11.3 Å². The largest absolute Gasteiger partial charge is 0.451 e. The minimum Gasteiger partial charge on any atom is -0.451 e. The summed E-state index contributed by atoms with van der Waals surface area (Å²) in [6, 6.07) is 26.8. The Balaban J connectivity index is 1.61. The quantitative estimate of drug-likeness (QED) is 0.245. The van der Waals surface area contributed by atoms with Crippen LogP contribution in [0, 0.1) is 10.1 Å². The van der Waals surface area contributed by atoms with Crippen LogP contribution in [0.2, 0.25) is 5.02 Å². The van der Waals surface area contributed by atoms with Gasteiger partial charge in [0, 0.05) is 30.8 Å². The summed E-state index contributed by atoms with van der Waals surface area (Å²) in [6.45, 7) is 0.839. The molecule has 0 aliphatic rings. The molecule has 0 N–H and O–H groups in total. The van der Waals surface area contributed by atoms with Crippen LogP contribution >= 0.6 is 11.6 Å². The Kier molecular flexibility index (Phi) is 6.33. The number of benzene rings is 3. The van der Waals surface area contributed by atoms with Crippen molar-refractivity contribution in [2.24, 2.45) is 0 Å². The number of hydrogen-bond donors (Lipinski definition) is 0. The SMILES string of the molecule is O=C(c1ccc(-c2ccc([N+](=O)[O-])cc2Cl)o1)N(Cc1ccccc1)Cc1ccccc1. The summed E-state index contributed by atoms with van der Waals surface area (Å²) in [5.41, 5.74) is 2.37. The lowest BCUT2D eigenvalue weighted by atomic mass is 10.1. The van der Waals surface area contributed by atoms with Crippen LogP contribution in [0.15, 0.2) is 95.4 Å². The van der Waals surface area contributed by atoms with Crippen LogP contribution in [0.3, 0.4) is 0 Å². The fourth-order valence-electron chi connectivity index (χ4n) is 3.38. The van der Waals surface area contributed by atoms with Crippen LogP contribution in [0.4, 0.5) is 5.69 Å². The molecule has 6 nitrogen and oxygen atoms in total. The number of halogens is 1. The highest BCUT2D eigenvalue weighted by Gasteiger charge is 2.21. The summed E-state index contributed by atoms with van der Waals surface area (Å²) >= 11 is 6.21. The molecule has 0 unspecified atom stereocenters. The molecule has 32 heavy (non-hydrogen) atoms. The summed E-state index contributed by atoms with van der Waals surface area (Å²) in [5.74, 6) is 0.274. The highest BCUT2D eigenvalue weighted by Crippen LogP contribution is 2.32. The third-order valence-electron chi connectivity index (χ3n) is 4.97. The summed E-state index contributed by atoms with van der Waals surface area (Å²) in [4.78, 5) is 25.5. The fourth-order valence-corrected chi connectivity index (χ4v) is 3.65. The number of nitro groups is 1. The number of nitrogens with zero attached hydrogens (tertiary/aromatic N) is 2. The van der Waals surface area contributed by atoms with E-state index >= 15 is 0 Å². The summed E-state index contributed by atoms with van der Waals surface area (Å²) in [6.07, 6.45) is 0. The number of carbonyl (C=O) groups excluding carboxylic acids is 1. The lowest BCUT2D eigenvalue weighted by molar-refractivity contribution is -0.384. The Morgan fingerprint density at radius 1 is 0.875 bits per heavy atom. The number of furan rings is 1. The van der Waals surface area contributed by atoms with Crippen molar-refractivity contribution in [2.45, 2.75) is 13.1 Å². The normalized spacial score (nSPS) is 10.7. The molecule has 160 valence electrons. The van der Waals surface area contributed by atoms with Crippen LogP contribution in [-0.4, -0.2) is 15.7 Å². The second kappa shape index (κ2) is 9.49. The molecule has 7 heteroatoms. The van der Waals surface area contributed by atoms with Gasteiger partial charge in [-0.15, -0.1) is 0 Å². The summed E-state index contributed by atoms with van der Waals surface area (Å²) in [7, 11) is 0. The van der Waals surface area contributed by atoms with E-state index in [9.17, 15) is 14.9 Å². The maximum Gasteiger partial charge on any atom is 0.290 e. The number of carbonyl (C=O) groups is 1. The molecule has 1 aromatic heterocycles. The van der Waals surface area contributed by atoms with E-state index in [1.807, 2.05) is 60.7 Å². The van der Waals surface area contributed by atoms with E-state index in [4.69, 9.17) is 16.0 Å². The van der Waals surface area contributed by atoms with E-state index < -0.39 is 4.92 Å². The first-order valence-electron chi connectivity index (χ1n) is 9.92. The standard InChI is InChI=1S/C25H19ClN2O4/c26-22-15-20(28(30)31)11-12-21(22)23-13-14-24(32-23)25(29)27(16-18-7-3-1-4-8-18)17-19-9-5-2-6-10-19/h1-15H,16-17H2. The molecule has 0 spiro atoms. The highest BCUT2D eigenvalue weighted by atomic mass is 35.5. The molecule has 3 aromatic carbocycles. The van der Waals surface area contributed by atoms with E-state index in [2.05, 4.69) is 0 Å². The highest BCUT2D eigenvalue weighted by molar-refractivity contribution is 6.33. The van der Waals surface area contributed by atoms with Crippen molar-refractivity contribution in [1.29, 1.82) is 0 Å². The molecule has 0 bridgehead atoms. The molecule has 0 radical (unpaired) electrons. The van der Waals surface area contributed by atoms with Gasteiger partial charge in [-0.1, -0.05) is 72.3 Å². The maximum atomic E-state index is 13.3. The monoisotopic (exact) mass is 446 g/mol. The third-order valence-corrected chi connectivity index (χ3v) is 5.28. The van der Waals surface area contributed by atoms with Gasteiger partial charge in [0.1, 0.15) is 5.76 Å². The lowest BCUT2D eigenvalue weighted by Crippen LogP contribution is -2.29. The van der Waals surface area contributed by atoms with Crippen molar-refractivity contribution in [3.63, 3.8) is 0 Å². The predicted molar refractivity (Wildman–Crippen MR) is 122 cm³/mol. The van der Waals surface area contributed by atoms with Crippen LogP contribution < -0.4 is 0 Å². The fraction of sp³-hybridized carbons (Fsp3) is 0.0800. The van der Waals surface area contributed by atoms with E-state index in [1.54, 1.807) is 17.0 Å². The van der Waals surface area contributed by atoms with Crippen LogP contribution in [0.1, 0.15) is 21.7 Å². The van der Waals surface area contributed by atoms with E-state index in [0.717, 1.165) is 11.1 Å². The zero-order chi connectivity index (χ0) is 22.5. The first kappa shape index (κ1) is 21.3. The van der Waals surface area contributed by atoms with Crippen molar-refractivity contribution in [1.82, 2.24) is 4.90 Å². The van der Waals surface area contributed by atoms with Crippen molar-refractivity contribution < 1.29 is 14.1 Å². The number of non-ortho nitro benzene ring substituents is 1. The van der Waals surface area contributed by atoms with Gasteiger partial charge in [0.25, 0.3) is 11.6 Å². The van der Waals surface area contributed by atoms with Gasteiger partial charge in [0.05, 0.1) is 9.95 Å². The third kappa shape index (κ3) is 4.87. The van der Waals surface area contributed by atoms with Gasteiger partial charge in [0.2, 0.25) is 0 Å². The summed E-state index contributed by atoms with van der Waals surface area (Å²) < 4.78 is 5.82. The van der Waals surface area contributed by atoms with Gasteiger partial charge in [0.15, 0.2) is 5.76 Å². The molecule has 0 saturated carbocycles. The Hall–Kier alpha value is -3.90. The van der Waals surface area contributed by atoms with Crippen molar-refractivity contribution in [2.75, 3.05) is 0 Å². The van der Waals surface area contributed by atoms with Gasteiger partial charge in [-0.3, -0.25) is 14.9 Å². The number of nitro benzene ring substituents is 1. The second-order valence-corrected chi connectivity index (χ2v) is 7.62. The number of hydrogen-bond acceptors (Lipinski definition) is 4. The minimum absolute atomic E-state index is 0.112. The molecule has 1 amide bonds. The van der Waals surface area contributed by atoms with E-state index in [1.165, 1.54) is 18.2 Å².